The third-order valence-corrected chi connectivity index (χ3v) is 3.44. The molecule has 0 heterocycles. The molecule has 0 aromatic heterocycles. The van der Waals surface area contributed by atoms with E-state index in [0.717, 1.165) is 51.9 Å². The fourth-order valence-electron chi connectivity index (χ4n) is 2.44. The Morgan fingerprint density at radius 2 is 0.840 bits per heavy atom. The van der Waals surface area contributed by atoms with Crippen molar-refractivity contribution in [1.29, 1.82) is 0 Å². The first kappa shape index (κ1) is 29.3. The normalized spacial score (nSPS) is 10.2. The number of carbonyl (C=O) groups is 2. The zero-order chi connectivity index (χ0) is 18.8. The first-order valence-electron chi connectivity index (χ1n) is 9.29. The summed E-state index contributed by atoms with van der Waals surface area (Å²) in [4.78, 5) is 25.0. The molecule has 0 radical (unpaired) electrons. The van der Waals surface area contributed by atoms with Crippen molar-refractivity contribution in [2.45, 2.75) is 66.2 Å². The molecule has 0 spiro atoms. The Morgan fingerprint density at radius 1 is 0.600 bits per heavy atom. The molecule has 6 nitrogen and oxygen atoms in total. The zero-order valence-electron chi connectivity index (χ0n) is 16.8. The van der Waals surface area contributed by atoms with Gasteiger partial charge in [0.2, 0.25) is 0 Å². The van der Waals surface area contributed by atoms with Gasteiger partial charge < -0.3 is 20.0 Å². The van der Waals surface area contributed by atoms with E-state index in [2.05, 4.69) is 37.5 Å². The van der Waals surface area contributed by atoms with Gasteiger partial charge in [0.25, 0.3) is 0 Å². The maximum absolute atomic E-state index is 10.3. The van der Waals surface area contributed by atoms with Crippen LogP contribution in [0.5, 0.6) is 0 Å². The van der Waals surface area contributed by atoms with E-state index < -0.39 is 11.9 Å². The summed E-state index contributed by atoms with van der Waals surface area (Å²) in [5.74, 6) is -1.40. The summed E-state index contributed by atoms with van der Waals surface area (Å²) in [7, 11) is 0. The number of carboxylic acid groups (broad SMARTS) is 2. The zero-order valence-corrected chi connectivity index (χ0v) is 19.8. The van der Waals surface area contributed by atoms with E-state index in [1.165, 1.54) is 0 Å². The van der Waals surface area contributed by atoms with Gasteiger partial charge in [0.1, 0.15) is 0 Å². The molecule has 0 unspecified atom stereocenters. The largest absolute Gasteiger partial charge is 0.481 e. The monoisotopic (exact) mass is 410 g/mol. The Morgan fingerprint density at radius 3 is 1.00 bits per heavy atom. The van der Waals surface area contributed by atoms with Crippen molar-refractivity contribution < 1.29 is 39.3 Å². The fraction of sp³-hybridized carbons (Fsp3) is 0.889. The van der Waals surface area contributed by atoms with E-state index in [4.69, 9.17) is 10.2 Å². The molecule has 0 atom stereocenters. The molecule has 2 N–H and O–H groups in total. The van der Waals surface area contributed by atoms with Crippen molar-refractivity contribution in [2.75, 3.05) is 39.3 Å². The van der Waals surface area contributed by atoms with Crippen LogP contribution < -0.4 is 0 Å². The predicted octanol–water partition coefficient (Wildman–Crippen LogP) is 3.16. The van der Waals surface area contributed by atoms with Gasteiger partial charge in [-0.05, 0) is 51.9 Å². The van der Waals surface area contributed by atoms with Crippen LogP contribution in [0.25, 0.3) is 0 Å². The van der Waals surface area contributed by atoms with E-state index in [-0.39, 0.29) is 32.3 Å². The molecular formula is C18H38N2O4Zn. The maximum atomic E-state index is 10.3. The molecule has 0 amide bonds. The van der Waals surface area contributed by atoms with Gasteiger partial charge in [0.05, 0.1) is 12.8 Å². The van der Waals surface area contributed by atoms with Crippen molar-refractivity contribution in [3.63, 3.8) is 0 Å². The maximum Gasteiger partial charge on any atom is 0.304 e. The van der Waals surface area contributed by atoms with Crippen molar-refractivity contribution in [1.82, 2.24) is 9.80 Å². The standard InChI is InChI=1S/2C9H19NO2.Zn/c2*1-3-6-10(7-4-2)8-5-9(11)12;/h2*3-8H2,1-2H3,(H,11,12);. The van der Waals surface area contributed by atoms with Gasteiger partial charge in [-0.15, -0.1) is 0 Å². The van der Waals surface area contributed by atoms with Crippen molar-refractivity contribution in [3.05, 3.63) is 0 Å². The summed E-state index contributed by atoms with van der Waals surface area (Å²) in [6.45, 7) is 13.9. The number of rotatable bonds is 14. The van der Waals surface area contributed by atoms with Gasteiger partial charge >= 0.3 is 11.9 Å². The molecule has 0 aliphatic heterocycles. The van der Waals surface area contributed by atoms with Crippen LogP contribution in [0.2, 0.25) is 0 Å². The summed E-state index contributed by atoms with van der Waals surface area (Å²) >= 11 is 0. The Hall–Kier alpha value is -0.517. The van der Waals surface area contributed by atoms with E-state index >= 15 is 0 Å². The fourth-order valence-corrected chi connectivity index (χ4v) is 2.44. The SMILES string of the molecule is CCCN(CCC)CCC(=O)O.CCCN(CCC)CCC(=O)O.[Zn]. The van der Waals surface area contributed by atoms with Crippen LogP contribution in [0.4, 0.5) is 0 Å². The molecule has 0 aromatic carbocycles. The van der Waals surface area contributed by atoms with E-state index in [1.54, 1.807) is 0 Å². The topological polar surface area (TPSA) is 81.1 Å². The summed E-state index contributed by atoms with van der Waals surface area (Å²) in [6, 6.07) is 0. The van der Waals surface area contributed by atoms with Crippen LogP contribution >= 0.6 is 0 Å². The minimum atomic E-state index is -0.702. The molecule has 146 valence electrons. The number of aliphatic carboxylic acids is 2. The number of carboxylic acids is 2. The van der Waals surface area contributed by atoms with Crippen LogP contribution in [-0.2, 0) is 29.1 Å². The second-order valence-electron chi connectivity index (χ2n) is 5.97. The average molecular weight is 412 g/mol. The molecule has 0 rings (SSSR count). The second kappa shape index (κ2) is 21.5. The van der Waals surface area contributed by atoms with Gasteiger partial charge in [-0.3, -0.25) is 9.59 Å². The molecule has 25 heavy (non-hydrogen) atoms. The molecular weight excluding hydrogens is 374 g/mol. The molecule has 0 aromatic rings. The molecule has 0 saturated carbocycles. The number of hydrogen-bond acceptors (Lipinski definition) is 4. The number of hydrogen-bond donors (Lipinski definition) is 2. The Labute approximate surface area is 166 Å². The smallest absolute Gasteiger partial charge is 0.304 e. The third-order valence-electron chi connectivity index (χ3n) is 3.44. The second-order valence-corrected chi connectivity index (χ2v) is 5.97. The Kier molecular flexibility index (Phi) is 25.2. The van der Waals surface area contributed by atoms with E-state index in [1.807, 2.05) is 0 Å². The molecule has 0 aliphatic rings. The molecule has 0 saturated heterocycles. The van der Waals surface area contributed by atoms with Crippen molar-refractivity contribution in [2.24, 2.45) is 0 Å². The molecule has 0 bridgehead atoms. The quantitative estimate of drug-likeness (QED) is 0.427. The van der Waals surface area contributed by atoms with Crippen LogP contribution in [0, 0.1) is 0 Å². The molecule has 0 aliphatic carbocycles. The summed E-state index contributed by atoms with van der Waals surface area (Å²) in [6.07, 6.45) is 4.92. The van der Waals surface area contributed by atoms with Gasteiger partial charge in [-0.25, -0.2) is 0 Å². The van der Waals surface area contributed by atoms with Gasteiger partial charge in [0.15, 0.2) is 0 Å². The van der Waals surface area contributed by atoms with Crippen LogP contribution in [0.3, 0.4) is 0 Å². The van der Waals surface area contributed by atoms with Crippen LogP contribution in [0.1, 0.15) is 66.2 Å². The number of nitrogens with zero attached hydrogens (tertiary/aromatic N) is 2. The molecule has 7 heteroatoms. The van der Waals surface area contributed by atoms with E-state index in [0.29, 0.717) is 13.1 Å². The average Bonchev–Trinajstić information content (AvgIpc) is 2.52. The summed E-state index contributed by atoms with van der Waals surface area (Å²) < 4.78 is 0. The van der Waals surface area contributed by atoms with Gasteiger partial charge in [-0.1, -0.05) is 27.7 Å². The summed E-state index contributed by atoms with van der Waals surface area (Å²) in [5, 5.41) is 16.9. The van der Waals surface area contributed by atoms with E-state index in [9.17, 15) is 9.59 Å². The van der Waals surface area contributed by atoms with Crippen LogP contribution in [-0.4, -0.2) is 71.2 Å². The van der Waals surface area contributed by atoms with Gasteiger partial charge in [-0.2, -0.15) is 0 Å². The van der Waals surface area contributed by atoms with Crippen molar-refractivity contribution in [3.8, 4) is 0 Å². The van der Waals surface area contributed by atoms with Crippen molar-refractivity contribution >= 4 is 11.9 Å². The third kappa shape index (κ3) is 23.5. The summed E-state index contributed by atoms with van der Waals surface area (Å²) in [5.41, 5.74) is 0. The first-order chi connectivity index (χ1) is 11.4. The molecule has 0 fully saturated rings. The van der Waals surface area contributed by atoms with Crippen LogP contribution in [0.15, 0.2) is 0 Å². The predicted molar refractivity (Wildman–Crippen MR) is 98.5 cm³/mol. The Bertz CT molecular complexity index is 275. The minimum Gasteiger partial charge on any atom is -0.481 e. The minimum absolute atomic E-state index is 0. The first-order valence-corrected chi connectivity index (χ1v) is 9.29. The van der Waals surface area contributed by atoms with Gasteiger partial charge in [0, 0.05) is 32.6 Å². The Balaban J connectivity index is -0.000000372.